The highest BCUT2D eigenvalue weighted by molar-refractivity contribution is 5.67. The molecule has 3 heteroatoms. The van der Waals surface area contributed by atoms with Crippen molar-refractivity contribution in [3.8, 4) is 22.8 Å². The summed E-state index contributed by atoms with van der Waals surface area (Å²) in [5.74, 6) is 2.18. The molecule has 3 nitrogen and oxygen atoms in total. The van der Waals surface area contributed by atoms with E-state index >= 15 is 0 Å². The minimum absolute atomic E-state index is 0.676. The van der Waals surface area contributed by atoms with Crippen LogP contribution in [0.2, 0.25) is 0 Å². The molecule has 0 aliphatic rings. The fourth-order valence-corrected chi connectivity index (χ4v) is 2.21. The number of rotatable bonds is 3. The zero-order valence-corrected chi connectivity index (χ0v) is 12.4. The largest absolute Gasteiger partial charge is 0.451 e. The molecule has 0 aliphatic heterocycles. The highest BCUT2D eigenvalue weighted by Gasteiger charge is 2.17. The fraction of sp³-hybridized carbons (Fsp3) is 0.167. The molecule has 0 atom stereocenters. The van der Waals surface area contributed by atoms with E-state index in [1.54, 1.807) is 0 Å². The monoisotopic (exact) mass is 279 g/mol. The summed E-state index contributed by atoms with van der Waals surface area (Å²) >= 11 is 0. The first-order valence-corrected chi connectivity index (χ1v) is 6.92. The van der Waals surface area contributed by atoms with Gasteiger partial charge in [0.05, 0.1) is 0 Å². The number of aromatic nitrogens is 1. The number of nitrogens with zero attached hydrogens (tertiary/aromatic N) is 1. The van der Waals surface area contributed by atoms with Crippen LogP contribution in [-0.4, -0.2) is 5.16 Å². The topological polar surface area (TPSA) is 35.3 Å². The normalized spacial score (nSPS) is 10.6. The van der Waals surface area contributed by atoms with Gasteiger partial charge in [0.25, 0.3) is 0 Å². The van der Waals surface area contributed by atoms with Crippen molar-refractivity contribution < 1.29 is 9.26 Å². The maximum absolute atomic E-state index is 6.09. The molecule has 3 aromatic rings. The second-order valence-electron chi connectivity index (χ2n) is 5.08. The summed E-state index contributed by atoms with van der Waals surface area (Å²) in [7, 11) is 0. The molecule has 0 radical (unpaired) electrons. The van der Waals surface area contributed by atoms with Crippen molar-refractivity contribution in [1.82, 2.24) is 5.16 Å². The predicted molar refractivity (Wildman–Crippen MR) is 82.7 cm³/mol. The fourth-order valence-electron chi connectivity index (χ4n) is 2.21. The zero-order valence-electron chi connectivity index (χ0n) is 12.4. The van der Waals surface area contributed by atoms with Gasteiger partial charge in [-0.15, -0.1) is 0 Å². The summed E-state index contributed by atoms with van der Waals surface area (Å²) in [6.07, 6.45) is 0. The highest BCUT2D eigenvalue weighted by atomic mass is 16.5. The van der Waals surface area contributed by atoms with Crippen LogP contribution in [0.4, 0.5) is 0 Å². The molecule has 0 unspecified atom stereocenters. The summed E-state index contributed by atoms with van der Waals surface area (Å²) in [5.41, 5.74) is 4.03. The molecule has 0 fully saturated rings. The third-order valence-corrected chi connectivity index (χ3v) is 3.62. The molecule has 106 valence electrons. The molecular weight excluding hydrogens is 262 g/mol. The van der Waals surface area contributed by atoms with Gasteiger partial charge in [-0.3, -0.25) is 0 Å². The molecule has 0 amide bonds. The Kier molecular flexibility index (Phi) is 3.48. The van der Waals surface area contributed by atoms with Gasteiger partial charge in [-0.05, 0) is 31.0 Å². The van der Waals surface area contributed by atoms with E-state index in [0.29, 0.717) is 11.5 Å². The van der Waals surface area contributed by atoms with E-state index in [0.717, 1.165) is 22.6 Å². The summed E-state index contributed by atoms with van der Waals surface area (Å²) in [6, 6.07) is 15.9. The number of hydrogen-bond acceptors (Lipinski definition) is 3. The summed E-state index contributed by atoms with van der Waals surface area (Å²) in [4.78, 5) is 0. The number of benzene rings is 2. The maximum atomic E-state index is 6.09. The average Bonchev–Trinajstić information content (AvgIpc) is 2.86. The van der Waals surface area contributed by atoms with E-state index in [4.69, 9.17) is 9.26 Å². The molecule has 0 spiro atoms. The molecule has 1 aromatic heterocycles. The first-order valence-electron chi connectivity index (χ1n) is 6.92. The van der Waals surface area contributed by atoms with Crippen LogP contribution in [0.15, 0.2) is 53.1 Å². The van der Waals surface area contributed by atoms with Gasteiger partial charge in [-0.25, -0.2) is 0 Å². The van der Waals surface area contributed by atoms with Gasteiger partial charge in [0, 0.05) is 12.5 Å². The van der Waals surface area contributed by atoms with E-state index in [9.17, 15) is 0 Å². The molecule has 3 rings (SSSR count). The molecule has 21 heavy (non-hydrogen) atoms. The lowest BCUT2D eigenvalue weighted by Crippen LogP contribution is -1.92. The predicted octanol–water partition coefficient (Wildman–Crippen LogP) is 5.06. The Bertz CT molecular complexity index is 760. The van der Waals surface area contributed by atoms with Crippen LogP contribution in [0.1, 0.15) is 16.9 Å². The Morgan fingerprint density at radius 2 is 1.67 bits per heavy atom. The lowest BCUT2D eigenvalue weighted by molar-refractivity contribution is 0.386. The van der Waals surface area contributed by atoms with Crippen molar-refractivity contribution in [2.45, 2.75) is 20.8 Å². The molecule has 2 aromatic carbocycles. The van der Waals surface area contributed by atoms with Crippen molar-refractivity contribution in [3.05, 3.63) is 65.4 Å². The Morgan fingerprint density at radius 3 is 2.43 bits per heavy atom. The summed E-state index contributed by atoms with van der Waals surface area (Å²) in [5, 5.41) is 4.13. The lowest BCUT2D eigenvalue weighted by Gasteiger charge is -2.10. The Labute approximate surface area is 124 Å². The van der Waals surface area contributed by atoms with E-state index < -0.39 is 0 Å². The summed E-state index contributed by atoms with van der Waals surface area (Å²) in [6.45, 7) is 5.98. The van der Waals surface area contributed by atoms with Crippen LogP contribution < -0.4 is 4.74 Å². The first-order chi connectivity index (χ1) is 10.2. The third-order valence-electron chi connectivity index (χ3n) is 3.62. The first kappa shape index (κ1) is 13.4. The van der Waals surface area contributed by atoms with Gasteiger partial charge in [0.2, 0.25) is 0 Å². The van der Waals surface area contributed by atoms with Gasteiger partial charge < -0.3 is 9.26 Å². The quantitative estimate of drug-likeness (QED) is 0.672. The Hall–Kier alpha value is -2.55. The number of aryl methyl sites for hydroxylation is 2. The average molecular weight is 279 g/mol. The van der Waals surface area contributed by atoms with E-state index in [-0.39, 0.29) is 0 Å². The van der Waals surface area contributed by atoms with Crippen molar-refractivity contribution in [2.24, 2.45) is 0 Å². The van der Waals surface area contributed by atoms with Crippen LogP contribution in [0.5, 0.6) is 11.5 Å². The van der Waals surface area contributed by atoms with Crippen molar-refractivity contribution in [2.75, 3.05) is 0 Å². The van der Waals surface area contributed by atoms with Gasteiger partial charge >= 0.3 is 0 Å². The zero-order chi connectivity index (χ0) is 14.8. The standard InChI is InChI=1S/C18H17NO2/c1-12-8-7-11-16(13(12)2)20-18-14(3)21-19-17(18)15-9-5-4-6-10-15/h4-11H,1-3H3. The Morgan fingerprint density at radius 1 is 0.905 bits per heavy atom. The SMILES string of the molecule is Cc1cccc(Oc2c(-c3ccccc3)noc2C)c1C. The maximum Gasteiger partial charge on any atom is 0.197 e. The minimum Gasteiger partial charge on any atom is -0.451 e. The van der Waals surface area contributed by atoms with E-state index in [1.165, 1.54) is 5.56 Å². The van der Waals surface area contributed by atoms with E-state index in [1.807, 2.05) is 49.4 Å². The van der Waals surface area contributed by atoms with Gasteiger partial charge in [0.15, 0.2) is 17.2 Å². The Balaban J connectivity index is 2.04. The number of ether oxygens (including phenoxy) is 1. The molecule has 1 heterocycles. The van der Waals surface area contributed by atoms with Gasteiger partial charge in [-0.2, -0.15) is 0 Å². The van der Waals surface area contributed by atoms with Crippen LogP contribution in [0, 0.1) is 20.8 Å². The number of hydrogen-bond donors (Lipinski definition) is 0. The van der Waals surface area contributed by atoms with Gasteiger partial charge in [-0.1, -0.05) is 47.6 Å². The van der Waals surface area contributed by atoms with Crippen molar-refractivity contribution in [1.29, 1.82) is 0 Å². The molecule has 0 saturated heterocycles. The van der Waals surface area contributed by atoms with Crippen LogP contribution >= 0.6 is 0 Å². The van der Waals surface area contributed by atoms with Crippen molar-refractivity contribution in [3.63, 3.8) is 0 Å². The second kappa shape index (κ2) is 5.44. The lowest BCUT2D eigenvalue weighted by atomic mass is 10.1. The van der Waals surface area contributed by atoms with Crippen LogP contribution in [0.25, 0.3) is 11.3 Å². The van der Waals surface area contributed by atoms with Gasteiger partial charge in [0.1, 0.15) is 5.75 Å². The highest BCUT2D eigenvalue weighted by Crippen LogP contribution is 2.36. The van der Waals surface area contributed by atoms with E-state index in [2.05, 4.69) is 25.1 Å². The third kappa shape index (κ3) is 2.55. The molecule has 0 bridgehead atoms. The minimum atomic E-state index is 0.676. The smallest absolute Gasteiger partial charge is 0.197 e. The van der Waals surface area contributed by atoms with Crippen LogP contribution in [-0.2, 0) is 0 Å². The second-order valence-corrected chi connectivity index (χ2v) is 5.08. The van der Waals surface area contributed by atoms with Crippen molar-refractivity contribution >= 4 is 0 Å². The van der Waals surface area contributed by atoms with Crippen LogP contribution in [0.3, 0.4) is 0 Å². The molecule has 0 N–H and O–H groups in total. The molecule has 0 saturated carbocycles. The molecule has 0 aliphatic carbocycles. The summed E-state index contributed by atoms with van der Waals surface area (Å²) < 4.78 is 11.4. The molecular formula is C18H17NO2.